The van der Waals surface area contributed by atoms with Crippen LogP contribution in [0.15, 0.2) is 60.7 Å². The third-order valence-electron chi connectivity index (χ3n) is 5.85. The lowest BCUT2D eigenvalue weighted by Gasteiger charge is -2.35. The minimum Gasteiger partial charge on any atom is -0.352 e. The van der Waals surface area contributed by atoms with E-state index in [4.69, 9.17) is 11.6 Å². The summed E-state index contributed by atoms with van der Waals surface area (Å²) in [5.41, 5.74) is -0.0805. The van der Waals surface area contributed by atoms with Gasteiger partial charge >= 0.3 is 6.18 Å². The molecule has 1 aliphatic rings. The molecule has 0 atom stereocenters. The van der Waals surface area contributed by atoms with Gasteiger partial charge in [-0.25, -0.2) is 0 Å². The highest BCUT2D eigenvalue weighted by Gasteiger charge is 2.36. The molecular weight excluding hydrogens is 495 g/mol. The maximum absolute atomic E-state index is 13.3. The van der Waals surface area contributed by atoms with Gasteiger partial charge in [0.2, 0.25) is 0 Å². The Labute approximate surface area is 210 Å². The zero-order chi connectivity index (χ0) is 25.7. The number of anilines is 1. The number of hydrogen-bond acceptors (Lipinski definition) is 5. The number of amides is 2. The van der Waals surface area contributed by atoms with Crippen molar-refractivity contribution in [1.82, 2.24) is 20.4 Å². The summed E-state index contributed by atoms with van der Waals surface area (Å²) in [5.74, 6) is -0.475. The molecule has 0 saturated carbocycles. The van der Waals surface area contributed by atoms with Crippen LogP contribution in [0.1, 0.15) is 32.0 Å². The Morgan fingerprint density at radius 3 is 2.25 bits per heavy atom. The van der Waals surface area contributed by atoms with E-state index < -0.39 is 17.6 Å². The van der Waals surface area contributed by atoms with Gasteiger partial charge in [0.15, 0.2) is 11.5 Å². The van der Waals surface area contributed by atoms with Crippen LogP contribution in [-0.2, 0) is 12.6 Å². The van der Waals surface area contributed by atoms with Crippen molar-refractivity contribution in [2.45, 2.75) is 12.6 Å². The van der Waals surface area contributed by atoms with Crippen LogP contribution in [0.2, 0.25) is 5.02 Å². The number of carbonyl (C=O) groups is 2. The summed E-state index contributed by atoms with van der Waals surface area (Å²) in [6.45, 7) is 1.65. The van der Waals surface area contributed by atoms with Gasteiger partial charge in [0, 0.05) is 37.7 Å². The van der Waals surface area contributed by atoms with E-state index >= 15 is 0 Å². The Kier molecular flexibility index (Phi) is 7.73. The van der Waals surface area contributed by atoms with E-state index in [1.807, 2.05) is 17.0 Å². The largest absolute Gasteiger partial charge is 0.417 e. The Bertz CT molecular complexity index is 1210. The van der Waals surface area contributed by atoms with Crippen molar-refractivity contribution in [3.63, 3.8) is 0 Å². The average Bonchev–Trinajstić information content (AvgIpc) is 2.89. The highest BCUT2D eigenvalue weighted by atomic mass is 35.5. The van der Waals surface area contributed by atoms with E-state index in [9.17, 15) is 22.8 Å². The van der Waals surface area contributed by atoms with Crippen LogP contribution in [0.5, 0.6) is 0 Å². The fourth-order valence-electron chi connectivity index (χ4n) is 3.90. The SMILES string of the molecule is O=C(NCCc1ccc(Cl)cc1)c1ccc(N2CCN(C(=O)c3ccccc3C(F)(F)F)CC2)nn1. The standard InChI is InChI=1S/C25H23ClF3N5O2/c26-18-7-5-17(6-8-18)11-12-30-23(35)21-9-10-22(32-31-21)33-13-15-34(16-14-33)24(36)19-3-1-2-4-20(19)25(27,28)29/h1-10H,11-16H2,(H,30,35). The van der Waals surface area contributed by atoms with E-state index in [1.54, 1.807) is 24.3 Å². The molecule has 2 amide bonds. The van der Waals surface area contributed by atoms with Gasteiger partial charge < -0.3 is 15.1 Å². The summed E-state index contributed by atoms with van der Waals surface area (Å²) in [6.07, 6.45) is -3.96. The fourth-order valence-corrected chi connectivity index (χ4v) is 4.03. The molecule has 1 saturated heterocycles. The van der Waals surface area contributed by atoms with Crippen molar-refractivity contribution in [2.24, 2.45) is 0 Å². The molecule has 0 spiro atoms. The molecule has 2 heterocycles. The molecule has 1 fully saturated rings. The number of aromatic nitrogens is 2. The lowest BCUT2D eigenvalue weighted by Crippen LogP contribution is -2.49. The van der Waals surface area contributed by atoms with Gasteiger partial charge in [0.1, 0.15) is 0 Å². The Hall–Kier alpha value is -3.66. The van der Waals surface area contributed by atoms with E-state index in [0.717, 1.165) is 11.6 Å². The number of alkyl halides is 3. The average molecular weight is 518 g/mol. The number of carbonyl (C=O) groups excluding carboxylic acids is 2. The first kappa shape index (κ1) is 25.4. The first-order chi connectivity index (χ1) is 17.2. The highest BCUT2D eigenvalue weighted by Crippen LogP contribution is 2.32. The number of nitrogens with zero attached hydrogens (tertiary/aromatic N) is 4. The smallest absolute Gasteiger partial charge is 0.352 e. The molecule has 1 aromatic heterocycles. The van der Waals surface area contributed by atoms with Crippen LogP contribution in [0, 0.1) is 0 Å². The van der Waals surface area contributed by atoms with Gasteiger partial charge in [0.25, 0.3) is 11.8 Å². The second-order valence-corrected chi connectivity index (χ2v) is 8.67. The lowest BCUT2D eigenvalue weighted by atomic mass is 10.1. The molecule has 7 nitrogen and oxygen atoms in total. The summed E-state index contributed by atoms with van der Waals surface area (Å²) in [7, 11) is 0. The monoisotopic (exact) mass is 517 g/mol. The molecule has 1 aliphatic heterocycles. The summed E-state index contributed by atoms with van der Waals surface area (Å²) in [5, 5.41) is 11.6. The third kappa shape index (κ3) is 6.12. The van der Waals surface area contributed by atoms with E-state index in [1.165, 1.54) is 23.1 Å². The van der Waals surface area contributed by atoms with Crippen LogP contribution >= 0.6 is 11.6 Å². The first-order valence-electron chi connectivity index (χ1n) is 11.3. The number of hydrogen-bond donors (Lipinski definition) is 1. The van der Waals surface area contributed by atoms with Crippen molar-refractivity contribution in [1.29, 1.82) is 0 Å². The molecule has 0 bridgehead atoms. The van der Waals surface area contributed by atoms with Crippen molar-refractivity contribution < 1.29 is 22.8 Å². The number of piperazine rings is 1. The Morgan fingerprint density at radius 1 is 0.917 bits per heavy atom. The number of halogens is 4. The molecule has 1 N–H and O–H groups in total. The van der Waals surface area contributed by atoms with Gasteiger partial charge in [0.05, 0.1) is 11.1 Å². The molecule has 36 heavy (non-hydrogen) atoms. The van der Waals surface area contributed by atoms with Crippen LogP contribution in [0.25, 0.3) is 0 Å². The van der Waals surface area contributed by atoms with Crippen molar-refractivity contribution in [3.8, 4) is 0 Å². The normalized spacial score (nSPS) is 14.0. The number of benzene rings is 2. The Morgan fingerprint density at radius 2 is 1.61 bits per heavy atom. The third-order valence-corrected chi connectivity index (χ3v) is 6.10. The summed E-state index contributed by atoms with van der Waals surface area (Å²) < 4.78 is 39.8. The van der Waals surface area contributed by atoms with Crippen molar-refractivity contribution in [2.75, 3.05) is 37.6 Å². The van der Waals surface area contributed by atoms with Gasteiger partial charge in [-0.2, -0.15) is 13.2 Å². The van der Waals surface area contributed by atoms with Gasteiger partial charge in [-0.15, -0.1) is 10.2 Å². The molecule has 11 heteroatoms. The molecule has 188 valence electrons. The minimum absolute atomic E-state index is 0.174. The zero-order valence-electron chi connectivity index (χ0n) is 19.1. The molecule has 4 rings (SSSR count). The Balaban J connectivity index is 1.29. The quantitative estimate of drug-likeness (QED) is 0.533. The van der Waals surface area contributed by atoms with Gasteiger partial charge in [-0.1, -0.05) is 35.9 Å². The van der Waals surface area contributed by atoms with Crippen molar-refractivity contribution >= 4 is 29.2 Å². The van der Waals surface area contributed by atoms with E-state index in [-0.39, 0.29) is 30.3 Å². The second-order valence-electron chi connectivity index (χ2n) is 8.23. The molecule has 2 aromatic carbocycles. The number of nitrogens with one attached hydrogen (secondary N) is 1. The maximum atomic E-state index is 13.3. The summed E-state index contributed by atoms with van der Waals surface area (Å²) in [4.78, 5) is 28.4. The van der Waals surface area contributed by atoms with Crippen LogP contribution < -0.4 is 10.2 Å². The van der Waals surface area contributed by atoms with Crippen LogP contribution in [-0.4, -0.2) is 59.6 Å². The predicted octanol–water partition coefficient (Wildman–Crippen LogP) is 4.08. The van der Waals surface area contributed by atoms with Crippen molar-refractivity contribution in [3.05, 3.63) is 88.1 Å². The lowest BCUT2D eigenvalue weighted by molar-refractivity contribution is -0.138. The molecule has 0 aliphatic carbocycles. The van der Waals surface area contributed by atoms with Gasteiger partial charge in [-0.3, -0.25) is 9.59 Å². The predicted molar refractivity (Wildman–Crippen MR) is 129 cm³/mol. The minimum atomic E-state index is -4.60. The maximum Gasteiger partial charge on any atom is 0.417 e. The molecular formula is C25H23ClF3N5O2. The summed E-state index contributed by atoms with van der Waals surface area (Å²) in [6, 6.07) is 15.4. The second kappa shape index (κ2) is 10.9. The van der Waals surface area contributed by atoms with E-state index in [2.05, 4.69) is 15.5 Å². The van der Waals surface area contributed by atoms with Crippen LogP contribution in [0.4, 0.5) is 19.0 Å². The highest BCUT2D eigenvalue weighted by molar-refractivity contribution is 6.30. The zero-order valence-corrected chi connectivity index (χ0v) is 19.9. The topological polar surface area (TPSA) is 78.4 Å². The summed E-state index contributed by atoms with van der Waals surface area (Å²) >= 11 is 5.87. The van der Waals surface area contributed by atoms with E-state index in [0.29, 0.717) is 36.9 Å². The first-order valence-corrected chi connectivity index (χ1v) is 11.7. The molecule has 0 radical (unpaired) electrons. The van der Waals surface area contributed by atoms with Crippen LogP contribution in [0.3, 0.4) is 0 Å². The number of rotatable bonds is 6. The fraction of sp³-hybridized carbons (Fsp3) is 0.280. The molecule has 3 aromatic rings. The molecule has 0 unspecified atom stereocenters. The van der Waals surface area contributed by atoms with Gasteiger partial charge in [-0.05, 0) is 48.4 Å².